The molecule has 3 aromatic rings. The Hall–Kier alpha value is -3.15. The number of H-pyrrole nitrogens is 1. The first kappa shape index (κ1) is 16.7. The van der Waals surface area contributed by atoms with Gasteiger partial charge in [-0.3, -0.25) is 4.79 Å². The molecule has 6 nitrogen and oxygen atoms in total. The van der Waals surface area contributed by atoms with Gasteiger partial charge < -0.3 is 9.88 Å². The Kier molecular flexibility index (Phi) is 5.09. The van der Waals surface area contributed by atoms with Crippen molar-refractivity contribution in [1.29, 1.82) is 0 Å². The number of amides is 1. The van der Waals surface area contributed by atoms with Crippen LogP contribution >= 0.6 is 0 Å². The minimum atomic E-state index is -0.257. The number of nitrogens with one attached hydrogen (secondary N) is 2. The third-order valence-corrected chi connectivity index (χ3v) is 4.08. The zero-order valence-electron chi connectivity index (χ0n) is 14.4. The predicted molar refractivity (Wildman–Crippen MR) is 101 cm³/mol. The zero-order valence-corrected chi connectivity index (χ0v) is 14.4. The van der Waals surface area contributed by atoms with Crippen molar-refractivity contribution in [2.45, 2.75) is 13.8 Å². The number of carbonyl (C=O) groups excluding carboxylic acids is 1. The van der Waals surface area contributed by atoms with Gasteiger partial charge in [0.05, 0.1) is 23.6 Å². The molecule has 0 unspecified atom stereocenters. The number of hydrogen-bond acceptors (Lipinski definition) is 4. The molecule has 1 amide bonds. The van der Waals surface area contributed by atoms with Gasteiger partial charge in [0.15, 0.2) is 0 Å². The molecule has 3 rings (SSSR count). The van der Waals surface area contributed by atoms with E-state index in [-0.39, 0.29) is 5.91 Å². The van der Waals surface area contributed by atoms with Crippen LogP contribution in [0.5, 0.6) is 0 Å². The van der Waals surface area contributed by atoms with Crippen LogP contribution in [0.3, 0.4) is 0 Å². The van der Waals surface area contributed by atoms with Crippen molar-refractivity contribution in [3.05, 3.63) is 59.9 Å². The lowest BCUT2D eigenvalue weighted by Gasteiger charge is -2.20. The summed E-state index contributed by atoms with van der Waals surface area (Å²) in [4.78, 5) is 21.5. The van der Waals surface area contributed by atoms with E-state index in [4.69, 9.17) is 0 Å². The summed E-state index contributed by atoms with van der Waals surface area (Å²) in [6.07, 6.45) is 3.24. The second-order valence-electron chi connectivity index (χ2n) is 5.60. The standard InChI is InChI=1S/C19H21N5O/c1-3-24(4-2)16-8-5-14(6-9-16)12-22-23-19(25)15-7-10-17-18(11-15)21-13-20-17/h5-13H,3-4H2,1-2H3,(H,20,21)(H,23,25). The number of aromatic amines is 1. The lowest BCUT2D eigenvalue weighted by atomic mass is 10.2. The summed E-state index contributed by atoms with van der Waals surface area (Å²) in [5.74, 6) is -0.257. The average molecular weight is 335 g/mol. The van der Waals surface area contributed by atoms with Gasteiger partial charge in [-0.1, -0.05) is 12.1 Å². The fourth-order valence-electron chi connectivity index (χ4n) is 2.67. The van der Waals surface area contributed by atoms with Gasteiger partial charge in [-0.25, -0.2) is 10.4 Å². The number of nitrogens with zero attached hydrogens (tertiary/aromatic N) is 3. The Bertz CT molecular complexity index is 878. The first-order valence-electron chi connectivity index (χ1n) is 8.32. The lowest BCUT2D eigenvalue weighted by molar-refractivity contribution is 0.0955. The summed E-state index contributed by atoms with van der Waals surface area (Å²) in [6.45, 7) is 6.21. The largest absolute Gasteiger partial charge is 0.372 e. The van der Waals surface area contributed by atoms with Crippen molar-refractivity contribution in [2.75, 3.05) is 18.0 Å². The molecule has 25 heavy (non-hydrogen) atoms. The van der Waals surface area contributed by atoms with Crippen LogP contribution in [-0.4, -0.2) is 35.2 Å². The van der Waals surface area contributed by atoms with E-state index in [1.807, 2.05) is 12.1 Å². The van der Waals surface area contributed by atoms with E-state index >= 15 is 0 Å². The number of imidazole rings is 1. The van der Waals surface area contributed by atoms with E-state index < -0.39 is 0 Å². The quantitative estimate of drug-likeness (QED) is 0.537. The van der Waals surface area contributed by atoms with Crippen LogP contribution in [0, 0.1) is 0 Å². The van der Waals surface area contributed by atoms with Gasteiger partial charge in [0, 0.05) is 24.3 Å². The van der Waals surface area contributed by atoms with Crippen LogP contribution in [0.1, 0.15) is 29.8 Å². The highest BCUT2D eigenvalue weighted by atomic mass is 16.2. The number of anilines is 1. The number of benzene rings is 2. The molecule has 1 aromatic heterocycles. The Labute approximate surface area is 146 Å². The number of fused-ring (bicyclic) bond motifs is 1. The first-order valence-corrected chi connectivity index (χ1v) is 8.32. The number of hydrogen-bond donors (Lipinski definition) is 2. The summed E-state index contributed by atoms with van der Waals surface area (Å²) in [7, 11) is 0. The molecular weight excluding hydrogens is 314 g/mol. The molecule has 0 saturated heterocycles. The number of aromatic nitrogens is 2. The molecule has 2 aromatic carbocycles. The van der Waals surface area contributed by atoms with Gasteiger partial charge in [-0.15, -0.1) is 0 Å². The maximum Gasteiger partial charge on any atom is 0.271 e. The highest BCUT2D eigenvalue weighted by Gasteiger charge is 2.06. The summed E-state index contributed by atoms with van der Waals surface area (Å²) >= 11 is 0. The molecule has 0 aliphatic rings. The highest BCUT2D eigenvalue weighted by Crippen LogP contribution is 2.14. The fourth-order valence-corrected chi connectivity index (χ4v) is 2.67. The van der Waals surface area contributed by atoms with E-state index in [1.165, 1.54) is 5.69 Å². The summed E-state index contributed by atoms with van der Waals surface area (Å²) in [6, 6.07) is 13.4. The summed E-state index contributed by atoms with van der Waals surface area (Å²) < 4.78 is 0. The van der Waals surface area contributed by atoms with Gasteiger partial charge in [0.2, 0.25) is 0 Å². The van der Waals surface area contributed by atoms with E-state index in [0.717, 1.165) is 29.7 Å². The number of hydrazone groups is 1. The van der Waals surface area contributed by atoms with Crippen LogP contribution in [0.15, 0.2) is 53.9 Å². The molecule has 0 aliphatic carbocycles. The normalized spacial score (nSPS) is 11.1. The van der Waals surface area contributed by atoms with Crippen LogP contribution in [-0.2, 0) is 0 Å². The van der Waals surface area contributed by atoms with Crippen LogP contribution in [0.2, 0.25) is 0 Å². The maximum absolute atomic E-state index is 12.2. The highest BCUT2D eigenvalue weighted by molar-refractivity contribution is 5.97. The van der Waals surface area contributed by atoms with Crippen molar-refractivity contribution in [3.63, 3.8) is 0 Å². The Morgan fingerprint density at radius 3 is 2.68 bits per heavy atom. The molecule has 0 radical (unpaired) electrons. The minimum absolute atomic E-state index is 0.257. The van der Waals surface area contributed by atoms with Crippen LogP contribution in [0.4, 0.5) is 5.69 Å². The van der Waals surface area contributed by atoms with Gasteiger partial charge in [0.1, 0.15) is 0 Å². The van der Waals surface area contributed by atoms with Crippen molar-refractivity contribution in [3.8, 4) is 0 Å². The molecule has 0 atom stereocenters. The average Bonchev–Trinajstić information content (AvgIpc) is 3.11. The smallest absolute Gasteiger partial charge is 0.271 e. The van der Waals surface area contributed by atoms with E-state index in [0.29, 0.717) is 5.56 Å². The molecule has 0 saturated carbocycles. The topological polar surface area (TPSA) is 73.4 Å². The number of carbonyl (C=O) groups is 1. The van der Waals surface area contributed by atoms with Crippen molar-refractivity contribution in [1.82, 2.24) is 15.4 Å². The van der Waals surface area contributed by atoms with Crippen molar-refractivity contribution < 1.29 is 4.79 Å². The van der Waals surface area contributed by atoms with E-state index in [9.17, 15) is 4.79 Å². The molecule has 2 N–H and O–H groups in total. The first-order chi connectivity index (χ1) is 12.2. The Morgan fingerprint density at radius 1 is 1.20 bits per heavy atom. The fraction of sp³-hybridized carbons (Fsp3) is 0.211. The van der Waals surface area contributed by atoms with Gasteiger partial charge in [-0.05, 0) is 49.7 Å². The number of rotatable bonds is 6. The molecule has 6 heteroatoms. The minimum Gasteiger partial charge on any atom is -0.372 e. The van der Waals surface area contributed by atoms with Crippen molar-refractivity contribution >= 4 is 28.8 Å². The predicted octanol–water partition coefficient (Wildman–Crippen LogP) is 3.17. The molecule has 1 heterocycles. The van der Waals surface area contributed by atoms with E-state index in [1.54, 1.807) is 30.7 Å². The molecule has 128 valence electrons. The second kappa shape index (κ2) is 7.61. The third-order valence-electron chi connectivity index (χ3n) is 4.08. The van der Waals surface area contributed by atoms with Crippen LogP contribution in [0.25, 0.3) is 11.0 Å². The van der Waals surface area contributed by atoms with Gasteiger partial charge in [0.25, 0.3) is 5.91 Å². The second-order valence-corrected chi connectivity index (χ2v) is 5.60. The monoisotopic (exact) mass is 335 g/mol. The van der Waals surface area contributed by atoms with Gasteiger partial charge in [-0.2, -0.15) is 5.10 Å². The Balaban J connectivity index is 1.63. The molecule has 0 fully saturated rings. The van der Waals surface area contributed by atoms with Crippen LogP contribution < -0.4 is 10.3 Å². The molecule has 0 aliphatic heterocycles. The lowest BCUT2D eigenvalue weighted by Crippen LogP contribution is -2.21. The third kappa shape index (κ3) is 3.85. The van der Waals surface area contributed by atoms with E-state index in [2.05, 4.69) is 51.4 Å². The van der Waals surface area contributed by atoms with Crippen molar-refractivity contribution in [2.24, 2.45) is 5.10 Å². The SMILES string of the molecule is CCN(CC)c1ccc(C=NNC(=O)c2ccc3nc[nH]c3c2)cc1. The maximum atomic E-state index is 12.2. The zero-order chi connectivity index (χ0) is 17.6. The molecular formula is C19H21N5O. The Morgan fingerprint density at radius 2 is 1.96 bits per heavy atom. The van der Waals surface area contributed by atoms with Gasteiger partial charge >= 0.3 is 0 Å². The molecule has 0 spiro atoms. The molecule has 0 bridgehead atoms. The summed E-state index contributed by atoms with van der Waals surface area (Å²) in [5, 5.41) is 4.04. The summed E-state index contributed by atoms with van der Waals surface area (Å²) in [5.41, 5.74) is 6.84.